The van der Waals surface area contributed by atoms with Crippen molar-refractivity contribution in [3.8, 4) is 28.4 Å². The first kappa shape index (κ1) is 28.7. The number of aryl methyl sites for hydroxylation is 1. The van der Waals surface area contributed by atoms with Gasteiger partial charge >= 0.3 is 5.97 Å². The summed E-state index contributed by atoms with van der Waals surface area (Å²) in [5, 5.41) is 3.34. The van der Waals surface area contributed by atoms with E-state index < -0.39 is 17.3 Å². The van der Waals surface area contributed by atoms with Gasteiger partial charge < -0.3 is 24.4 Å². The summed E-state index contributed by atoms with van der Waals surface area (Å²) in [5.41, 5.74) is 4.44. The summed E-state index contributed by atoms with van der Waals surface area (Å²) in [5.74, 6) is 0.325. The van der Waals surface area contributed by atoms with Crippen LogP contribution in [0, 0.1) is 12.7 Å². The number of anilines is 2. The molecule has 4 aromatic rings. The molecule has 1 aliphatic rings. The van der Waals surface area contributed by atoms with E-state index in [0.717, 1.165) is 22.4 Å². The largest absolute Gasteiger partial charge is 0.496 e. The molecule has 0 radical (unpaired) electrons. The van der Waals surface area contributed by atoms with Crippen molar-refractivity contribution in [2.75, 3.05) is 24.4 Å². The number of amides is 1. The van der Waals surface area contributed by atoms with Crippen LogP contribution in [0.1, 0.15) is 30.5 Å². The monoisotopic (exact) mass is 568 g/mol. The van der Waals surface area contributed by atoms with Crippen LogP contribution in [-0.2, 0) is 22.6 Å². The highest BCUT2D eigenvalue weighted by Crippen LogP contribution is 2.45. The van der Waals surface area contributed by atoms with E-state index >= 15 is 0 Å². The van der Waals surface area contributed by atoms with Crippen LogP contribution in [0.15, 0.2) is 78.9 Å². The quantitative estimate of drug-likeness (QED) is 0.188. The second kappa shape index (κ2) is 11.6. The molecule has 0 bridgehead atoms. The normalized spacial score (nSPS) is 13.7. The number of nitrogens with zero attached hydrogens (tertiary/aromatic N) is 1. The second-order valence-electron chi connectivity index (χ2n) is 10.8. The highest BCUT2D eigenvalue weighted by atomic mass is 19.1. The zero-order valence-electron chi connectivity index (χ0n) is 24.3. The molecule has 42 heavy (non-hydrogen) atoms. The van der Waals surface area contributed by atoms with Gasteiger partial charge in [-0.25, -0.2) is 4.39 Å². The molecular formula is C34H33FN2O5. The van der Waals surface area contributed by atoms with Gasteiger partial charge in [0.15, 0.2) is 0 Å². The Balaban J connectivity index is 1.54. The minimum atomic E-state index is -0.802. The first-order valence-corrected chi connectivity index (χ1v) is 13.6. The van der Waals surface area contributed by atoms with Crippen LogP contribution in [0.2, 0.25) is 0 Å². The third kappa shape index (κ3) is 5.79. The van der Waals surface area contributed by atoms with Gasteiger partial charge in [-0.05, 0) is 61.7 Å². The summed E-state index contributed by atoms with van der Waals surface area (Å²) >= 11 is 0. The lowest BCUT2D eigenvalue weighted by molar-refractivity contribution is -0.133. The lowest BCUT2D eigenvalue weighted by Gasteiger charge is -2.39. The van der Waals surface area contributed by atoms with Gasteiger partial charge in [-0.15, -0.1) is 0 Å². The number of rotatable bonds is 8. The molecular weight excluding hydrogens is 535 g/mol. The maximum atomic E-state index is 14.0. The Hall–Kier alpha value is -4.85. The third-order valence-corrected chi connectivity index (χ3v) is 7.31. The van der Waals surface area contributed by atoms with E-state index in [1.54, 1.807) is 37.3 Å². The number of esters is 1. The van der Waals surface area contributed by atoms with Gasteiger partial charge in [-0.2, -0.15) is 0 Å². The SMILES string of the molecule is COc1cc(OC(=O)Cc2ccccc2)ccc1-c1ccc2c(c1COc1cc(F)ccc1C)N(C)C(=O)C(C)(C)N2. The lowest BCUT2D eigenvalue weighted by Crippen LogP contribution is -2.52. The molecule has 1 heterocycles. The van der Waals surface area contributed by atoms with E-state index in [1.165, 1.54) is 12.1 Å². The average Bonchev–Trinajstić information content (AvgIpc) is 2.96. The van der Waals surface area contributed by atoms with Crippen LogP contribution >= 0.6 is 0 Å². The zero-order chi connectivity index (χ0) is 30.0. The molecule has 216 valence electrons. The summed E-state index contributed by atoms with van der Waals surface area (Å²) in [4.78, 5) is 27.5. The molecule has 1 aliphatic heterocycles. The molecule has 1 N–H and O–H groups in total. The Bertz CT molecular complexity index is 1650. The van der Waals surface area contributed by atoms with Crippen molar-refractivity contribution in [2.45, 2.75) is 39.3 Å². The molecule has 8 heteroatoms. The molecule has 0 saturated heterocycles. The summed E-state index contributed by atoms with van der Waals surface area (Å²) in [6.07, 6.45) is 0.139. The van der Waals surface area contributed by atoms with Crippen LogP contribution in [0.4, 0.5) is 15.8 Å². The molecule has 7 nitrogen and oxygen atoms in total. The second-order valence-corrected chi connectivity index (χ2v) is 10.8. The smallest absolute Gasteiger partial charge is 0.315 e. The molecule has 4 aromatic carbocycles. The fourth-order valence-electron chi connectivity index (χ4n) is 5.20. The van der Waals surface area contributed by atoms with Crippen LogP contribution < -0.4 is 24.4 Å². The summed E-state index contributed by atoms with van der Waals surface area (Å²) in [6, 6.07) is 22.8. The number of carbonyl (C=O) groups excluding carboxylic acids is 2. The molecule has 0 aliphatic carbocycles. The van der Waals surface area contributed by atoms with Crippen LogP contribution in [0.3, 0.4) is 0 Å². The van der Waals surface area contributed by atoms with Crippen molar-refractivity contribution in [1.29, 1.82) is 0 Å². The minimum absolute atomic E-state index is 0.0551. The van der Waals surface area contributed by atoms with Crippen molar-refractivity contribution in [1.82, 2.24) is 0 Å². The van der Waals surface area contributed by atoms with Crippen LogP contribution in [0.25, 0.3) is 11.1 Å². The summed E-state index contributed by atoms with van der Waals surface area (Å²) in [7, 11) is 3.27. The molecule has 0 spiro atoms. The number of fused-ring (bicyclic) bond motifs is 1. The predicted molar refractivity (Wildman–Crippen MR) is 161 cm³/mol. The van der Waals surface area contributed by atoms with Crippen molar-refractivity contribution in [2.24, 2.45) is 0 Å². The van der Waals surface area contributed by atoms with Crippen molar-refractivity contribution < 1.29 is 28.2 Å². The number of benzene rings is 4. The molecule has 0 aromatic heterocycles. The molecule has 0 unspecified atom stereocenters. The molecule has 1 amide bonds. The highest BCUT2D eigenvalue weighted by Gasteiger charge is 2.38. The van der Waals surface area contributed by atoms with E-state index in [9.17, 15) is 14.0 Å². The lowest BCUT2D eigenvalue weighted by atomic mass is 9.91. The Labute approximate surface area is 244 Å². The Morgan fingerprint density at radius 1 is 0.952 bits per heavy atom. The van der Waals surface area contributed by atoms with Gasteiger partial charge in [-0.3, -0.25) is 9.59 Å². The topological polar surface area (TPSA) is 77.1 Å². The highest BCUT2D eigenvalue weighted by molar-refractivity contribution is 6.08. The van der Waals surface area contributed by atoms with E-state index in [-0.39, 0.29) is 18.9 Å². The first-order chi connectivity index (χ1) is 20.1. The Morgan fingerprint density at radius 3 is 2.43 bits per heavy atom. The van der Waals surface area contributed by atoms with Crippen molar-refractivity contribution in [3.05, 3.63) is 101 Å². The number of ether oxygens (including phenoxy) is 3. The molecule has 0 atom stereocenters. The average molecular weight is 569 g/mol. The summed E-state index contributed by atoms with van der Waals surface area (Å²) in [6.45, 7) is 5.56. The number of carbonyl (C=O) groups is 2. The molecule has 0 fully saturated rings. The third-order valence-electron chi connectivity index (χ3n) is 7.31. The number of hydrogen-bond acceptors (Lipinski definition) is 6. The zero-order valence-corrected chi connectivity index (χ0v) is 24.3. The Kier molecular flexibility index (Phi) is 7.89. The number of hydrogen-bond donors (Lipinski definition) is 1. The fraction of sp³-hybridized carbons (Fsp3) is 0.235. The van der Waals surface area contributed by atoms with Gasteiger partial charge in [0.2, 0.25) is 0 Å². The van der Waals surface area contributed by atoms with Gasteiger partial charge in [0.05, 0.1) is 24.9 Å². The van der Waals surface area contributed by atoms with Gasteiger partial charge in [0.1, 0.15) is 35.2 Å². The van der Waals surface area contributed by atoms with Crippen molar-refractivity contribution in [3.63, 3.8) is 0 Å². The maximum absolute atomic E-state index is 14.0. The van der Waals surface area contributed by atoms with Crippen LogP contribution in [-0.4, -0.2) is 31.6 Å². The summed E-state index contributed by atoms with van der Waals surface area (Å²) < 4.78 is 31.6. The van der Waals surface area contributed by atoms with E-state index in [2.05, 4.69) is 5.32 Å². The number of methoxy groups -OCH3 is 1. The first-order valence-electron chi connectivity index (χ1n) is 13.6. The van der Waals surface area contributed by atoms with Crippen molar-refractivity contribution >= 4 is 23.3 Å². The molecule has 0 saturated carbocycles. The number of likely N-dealkylation sites (N-methyl/N-ethyl adjacent to an activating group) is 1. The van der Waals surface area contributed by atoms with E-state index in [4.69, 9.17) is 14.2 Å². The fourth-order valence-corrected chi connectivity index (χ4v) is 5.20. The standard InChI is InChI=1S/C34H33FN2O5/c1-21-11-12-23(35)18-29(21)41-20-27-25(15-16-28-32(27)37(4)33(39)34(2,3)36-28)26-14-13-24(19-30(26)40-5)42-31(38)17-22-9-7-6-8-10-22/h6-16,18-19,36H,17,20H2,1-5H3. The van der Waals surface area contributed by atoms with Gasteiger partial charge in [0.25, 0.3) is 5.91 Å². The predicted octanol–water partition coefficient (Wildman–Crippen LogP) is 6.70. The van der Waals surface area contributed by atoms with Crippen LogP contribution in [0.5, 0.6) is 17.2 Å². The molecule has 5 rings (SSSR count). The van der Waals surface area contributed by atoms with E-state index in [1.807, 2.05) is 69.3 Å². The van der Waals surface area contributed by atoms with Gasteiger partial charge in [0, 0.05) is 30.3 Å². The van der Waals surface area contributed by atoms with E-state index in [0.29, 0.717) is 34.1 Å². The minimum Gasteiger partial charge on any atom is -0.496 e. The maximum Gasteiger partial charge on any atom is 0.315 e. The number of halogens is 1. The van der Waals surface area contributed by atoms with Gasteiger partial charge in [-0.1, -0.05) is 42.5 Å². The number of nitrogens with one attached hydrogen (secondary N) is 1. The Morgan fingerprint density at radius 2 is 1.69 bits per heavy atom.